The molecule has 92 valence electrons. The van der Waals surface area contributed by atoms with Gasteiger partial charge in [0.2, 0.25) is 5.91 Å². The standard InChI is InChI=1S/C11H20N2O3/c1-7(2)10(11(15)16)13-5-4-9(6-13)12-8(3)14/h7,9-10H,4-6H2,1-3H3,(H,12,14)(H,15,16). The lowest BCUT2D eigenvalue weighted by atomic mass is 10.0. The van der Waals surface area contributed by atoms with Gasteiger partial charge < -0.3 is 10.4 Å². The van der Waals surface area contributed by atoms with E-state index in [2.05, 4.69) is 5.32 Å². The van der Waals surface area contributed by atoms with Crippen LogP contribution in [0.2, 0.25) is 0 Å². The Labute approximate surface area is 95.8 Å². The number of carbonyl (C=O) groups excluding carboxylic acids is 1. The van der Waals surface area contributed by atoms with Gasteiger partial charge in [0.05, 0.1) is 0 Å². The van der Waals surface area contributed by atoms with Gasteiger partial charge in [-0.3, -0.25) is 14.5 Å². The van der Waals surface area contributed by atoms with Crippen LogP contribution < -0.4 is 5.32 Å². The van der Waals surface area contributed by atoms with Crippen LogP contribution in [0.1, 0.15) is 27.2 Å². The highest BCUT2D eigenvalue weighted by Crippen LogP contribution is 2.18. The van der Waals surface area contributed by atoms with Crippen molar-refractivity contribution in [3.8, 4) is 0 Å². The van der Waals surface area contributed by atoms with Gasteiger partial charge in [-0.2, -0.15) is 0 Å². The number of carboxylic acids is 1. The number of carbonyl (C=O) groups is 2. The van der Waals surface area contributed by atoms with Crippen LogP contribution in [0.5, 0.6) is 0 Å². The molecule has 0 saturated carbocycles. The first-order valence-corrected chi connectivity index (χ1v) is 5.65. The van der Waals surface area contributed by atoms with Crippen molar-refractivity contribution in [2.75, 3.05) is 13.1 Å². The molecule has 5 heteroatoms. The van der Waals surface area contributed by atoms with Crippen LogP contribution in [0.25, 0.3) is 0 Å². The van der Waals surface area contributed by atoms with Crippen molar-refractivity contribution >= 4 is 11.9 Å². The van der Waals surface area contributed by atoms with Crippen molar-refractivity contribution in [3.63, 3.8) is 0 Å². The first-order valence-electron chi connectivity index (χ1n) is 5.65. The molecule has 1 heterocycles. The molecule has 1 rings (SSSR count). The Kier molecular flexibility index (Phi) is 4.29. The molecule has 1 aliphatic heterocycles. The summed E-state index contributed by atoms with van der Waals surface area (Å²) in [5.74, 6) is -0.754. The molecule has 1 saturated heterocycles. The third-order valence-electron chi connectivity index (χ3n) is 2.90. The molecule has 5 nitrogen and oxygen atoms in total. The van der Waals surface area contributed by atoms with E-state index < -0.39 is 12.0 Å². The number of amides is 1. The number of hydrogen-bond donors (Lipinski definition) is 2. The number of rotatable bonds is 4. The number of nitrogens with one attached hydrogen (secondary N) is 1. The van der Waals surface area contributed by atoms with E-state index in [4.69, 9.17) is 5.11 Å². The van der Waals surface area contributed by atoms with E-state index in [-0.39, 0.29) is 17.9 Å². The molecule has 2 atom stereocenters. The number of likely N-dealkylation sites (tertiary alicyclic amines) is 1. The first-order chi connectivity index (χ1) is 7.41. The van der Waals surface area contributed by atoms with E-state index in [9.17, 15) is 9.59 Å². The van der Waals surface area contributed by atoms with Gasteiger partial charge in [-0.1, -0.05) is 13.8 Å². The molecule has 1 amide bonds. The minimum absolute atomic E-state index is 0.0525. The summed E-state index contributed by atoms with van der Waals surface area (Å²) in [4.78, 5) is 24.0. The third-order valence-corrected chi connectivity index (χ3v) is 2.90. The minimum Gasteiger partial charge on any atom is -0.480 e. The molecule has 2 N–H and O–H groups in total. The maximum atomic E-state index is 11.1. The molecular formula is C11H20N2O3. The monoisotopic (exact) mass is 228 g/mol. The maximum Gasteiger partial charge on any atom is 0.321 e. The average Bonchev–Trinajstić information content (AvgIpc) is 2.50. The van der Waals surface area contributed by atoms with Gasteiger partial charge in [0, 0.05) is 26.1 Å². The van der Waals surface area contributed by atoms with Crippen LogP contribution in [-0.4, -0.2) is 47.1 Å². The summed E-state index contributed by atoms with van der Waals surface area (Å²) in [6.07, 6.45) is 0.829. The van der Waals surface area contributed by atoms with E-state index in [1.807, 2.05) is 18.7 Å². The SMILES string of the molecule is CC(=O)NC1CCN(C(C(=O)O)C(C)C)C1. The molecule has 0 spiro atoms. The molecule has 0 aromatic carbocycles. The van der Waals surface area contributed by atoms with Crippen LogP contribution in [0.15, 0.2) is 0 Å². The van der Waals surface area contributed by atoms with Crippen LogP contribution in [0.4, 0.5) is 0 Å². The Balaban J connectivity index is 2.56. The Bertz CT molecular complexity index is 278. The molecule has 0 bridgehead atoms. The highest BCUT2D eigenvalue weighted by Gasteiger charge is 2.34. The molecule has 0 aromatic heterocycles. The number of nitrogens with zero attached hydrogens (tertiary/aromatic N) is 1. The predicted molar refractivity (Wildman–Crippen MR) is 60.1 cm³/mol. The topological polar surface area (TPSA) is 69.6 Å². The normalized spacial score (nSPS) is 23.4. The molecule has 2 unspecified atom stereocenters. The van der Waals surface area contributed by atoms with Crippen LogP contribution >= 0.6 is 0 Å². The highest BCUT2D eigenvalue weighted by atomic mass is 16.4. The lowest BCUT2D eigenvalue weighted by Crippen LogP contribution is -2.45. The lowest BCUT2D eigenvalue weighted by molar-refractivity contribution is -0.144. The largest absolute Gasteiger partial charge is 0.480 e. The van der Waals surface area contributed by atoms with E-state index in [0.717, 1.165) is 13.0 Å². The summed E-state index contributed by atoms with van der Waals surface area (Å²) in [6.45, 7) is 6.67. The van der Waals surface area contributed by atoms with E-state index in [0.29, 0.717) is 6.54 Å². The molecule has 0 aromatic rings. The predicted octanol–water partition coefficient (Wildman–Crippen LogP) is 0.306. The summed E-state index contributed by atoms with van der Waals surface area (Å²) >= 11 is 0. The van der Waals surface area contributed by atoms with Gasteiger partial charge in [-0.25, -0.2) is 0 Å². The van der Waals surface area contributed by atoms with E-state index >= 15 is 0 Å². The van der Waals surface area contributed by atoms with Gasteiger partial charge >= 0.3 is 5.97 Å². The van der Waals surface area contributed by atoms with Crippen molar-refractivity contribution in [2.45, 2.75) is 39.3 Å². The van der Waals surface area contributed by atoms with E-state index in [1.165, 1.54) is 6.92 Å². The summed E-state index contributed by atoms with van der Waals surface area (Å²) in [7, 11) is 0. The van der Waals surface area contributed by atoms with Gasteiger partial charge in [-0.15, -0.1) is 0 Å². The molecule has 0 radical (unpaired) electrons. The summed E-state index contributed by atoms with van der Waals surface area (Å²) in [5, 5.41) is 12.0. The van der Waals surface area contributed by atoms with Crippen molar-refractivity contribution in [1.29, 1.82) is 0 Å². The molecular weight excluding hydrogens is 208 g/mol. The zero-order valence-corrected chi connectivity index (χ0v) is 10.1. The fraction of sp³-hybridized carbons (Fsp3) is 0.818. The molecule has 0 aliphatic carbocycles. The number of hydrogen-bond acceptors (Lipinski definition) is 3. The smallest absolute Gasteiger partial charge is 0.321 e. The fourth-order valence-corrected chi connectivity index (χ4v) is 2.31. The van der Waals surface area contributed by atoms with Gasteiger partial charge in [0.25, 0.3) is 0 Å². The Morgan fingerprint density at radius 2 is 2.06 bits per heavy atom. The molecule has 1 fully saturated rings. The van der Waals surface area contributed by atoms with Gasteiger partial charge in [-0.05, 0) is 12.3 Å². The third kappa shape index (κ3) is 3.20. The first kappa shape index (κ1) is 13.0. The van der Waals surface area contributed by atoms with Gasteiger partial charge in [0.1, 0.15) is 6.04 Å². The second-order valence-electron chi connectivity index (χ2n) is 4.71. The lowest BCUT2D eigenvalue weighted by Gasteiger charge is -2.27. The molecule has 16 heavy (non-hydrogen) atoms. The summed E-state index contributed by atoms with van der Waals surface area (Å²) in [5.41, 5.74) is 0. The summed E-state index contributed by atoms with van der Waals surface area (Å²) in [6, 6.07) is -0.350. The highest BCUT2D eigenvalue weighted by molar-refractivity contribution is 5.74. The second-order valence-corrected chi connectivity index (χ2v) is 4.71. The zero-order valence-electron chi connectivity index (χ0n) is 10.1. The number of aliphatic carboxylic acids is 1. The van der Waals surface area contributed by atoms with Crippen LogP contribution in [-0.2, 0) is 9.59 Å². The average molecular weight is 228 g/mol. The quantitative estimate of drug-likeness (QED) is 0.726. The number of carboxylic acid groups (broad SMARTS) is 1. The van der Waals surface area contributed by atoms with E-state index in [1.54, 1.807) is 0 Å². The van der Waals surface area contributed by atoms with Crippen molar-refractivity contribution in [2.24, 2.45) is 5.92 Å². The van der Waals surface area contributed by atoms with Gasteiger partial charge in [0.15, 0.2) is 0 Å². The van der Waals surface area contributed by atoms with Crippen molar-refractivity contribution < 1.29 is 14.7 Å². The minimum atomic E-state index is -0.779. The zero-order chi connectivity index (χ0) is 12.3. The second kappa shape index (κ2) is 5.30. The fourth-order valence-electron chi connectivity index (χ4n) is 2.31. The molecule has 1 aliphatic rings. The maximum absolute atomic E-state index is 11.1. The Hall–Kier alpha value is -1.10. The Morgan fingerprint density at radius 1 is 1.44 bits per heavy atom. The summed E-state index contributed by atoms with van der Waals surface area (Å²) < 4.78 is 0. The Morgan fingerprint density at radius 3 is 2.50 bits per heavy atom. The van der Waals surface area contributed by atoms with Crippen molar-refractivity contribution in [1.82, 2.24) is 10.2 Å². The van der Waals surface area contributed by atoms with Crippen LogP contribution in [0.3, 0.4) is 0 Å². The van der Waals surface area contributed by atoms with Crippen LogP contribution in [0, 0.1) is 5.92 Å². The van der Waals surface area contributed by atoms with Crippen molar-refractivity contribution in [3.05, 3.63) is 0 Å².